The Bertz CT molecular complexity index is 1190. The van der Waals surface area contributed by atoms with Crippen LogP contribution in [0.5, 0.6) is 23.4 Å². The van der Waals surface area contributed by atoms with Crippen LogP contribution in [0.4, 0.5) is 0 Å². The molecule has 0 bridgehead atoms. The van der Waals surface area contributed by atoms with Gasteiger partial charge in [0.2, 0.25) is 5.88 Å². The first kappa shape index (κ1) is 17.7. The number of aromatic amines is 1. The van der Waals surface area contributed by atoms with E-state index in [4.69, 9.17) is 26.3 Å². The van der Waals surface area contributed by atoms with E-state index in [2.05, 4.69) is 31.0 Å². The second-order valence-corrected chi connectivity index (χ2v) is 6.10. The van der Waals surface area contributed by atoms with Crippen LogP contribution in [0.15, 0.2) is 43.0 Å². The molecule has 28 heavy (non-hydrogen) atoms. The number of fused-ring (bicyclic) bond motifs is 1. The molecule has 0 saturated heterocycles. The lowest BCUT2D eigenvalue weighted by Gasteiger charge is -2.08. The number of nitriles is 1. The summed E-state index contributed by atoms with van der Waals surface area (Å²) < 4.78 is 11.6. The fourth-order valence-corrected chi connectivity index (χ4v) is 2.96. The number of ether oxygens (including phenoxy) is 2. The number of halogens is 1. The van der Waals surface area contributed by atoms with E-state index in [9.17, 15) is 0 Å². The summed E-state index contributed by atoms with van der Waals surface area (Å²) in [5, 5.41) is 10.1. The van der Waals surface area contributed by atoms with Crippen molar-refractivity contribution in [2.24, 2.45) is 0 Å². The van der Waals surface area contributed by atoms with Crippen LogP contribution in [-0.2, 0) is 6.42 Å². The van der Waals surface area contributed by atoms with E-state index in [-0.39, 0.29) is 11.9 Å². The third kappa shape index (κ3) is 3.43. The highest BCUT2D eigenvalue weighted by molar-refractivity contribution is 6.36. The zero-order valence-corrected chi connectivity index (χ0v) is 15.4. The lowest BCUT2D eigenvalue weighted by Crippen LogP contribution is -1.97. The van der Waals surface area contributed by atoms with Crippen LogP contribution in [0.2, 0.25) is 5.02 Å². The molecule has 3 heterocycles. The van der Waals surface area contributed by atoms with E-state index in [1.165, 1.54) is 18.7 Å². The van der Waals surface area contributed by atoms with Crippen LogP contribution >= 0.6 is 11.6 Å². The number of aromatic nitrogens is 5. The maximum atomic E-state index is 9.05. The Balaban J connectivity index is 1.80. The van der Waals surface area contributed by atoms with Crippen LogP contribution in [0, 0.1) is 11.3 Å². The van der Waals surface area contributed by atoms with Gasteiger partial charge >= 0.3 is 6.01 Å². The van der Waals surface area contributed by atoms with Crippen molar-refractivity contribution in [3.8, 4) is 29.5 Å². The highest BCUT2D eigenvalue weighted by Crippen LogP contribution is 2.37. The molecule has 0 atom stereocenters. The summed E-state index contributed by atoms with van der Waals surface area (Å²) in [6.07, 6.45) is 5.11. The molecule has 3 aromatic heterocycles. The average molecular weight is 393 g/mol. The molecule has 0 saturated carbocycles. The molecule has 0 fully saturated rings. The molecule has 0 aliphatic carbocycles. The van der Waals surface area contributed by atoms with E-state index in [0.717, 1.165) is 5.69 Å². The number of benzene rings is 1. The van der Waals surface area contributed by atoms with Crippen molar-refractivity contribution in [3.05, 3.63) is 59.3 Å². The number of H-pyrrole nitrogens is 1. The molecule has 0 amide bonds. The van der Waals surface area contributed by atoms with E-state index in [1.54, 1.807) is 24.3 Å². The molecular weight excluding hydrogens is 380 g/mol. The van der Waals surface area contributed by atoms with Crippen LogP contribution in [0.3, 0.4) is 0 Å². The van der Waals surface area contributed by atoms with Gasteiger partial charge in [-0.3, -0.25) is 0 Å². The van der Waals surface area contributed by atoms with Gasteiger partial charge in [-0.2, -0.15) is 15.2 Å². The van der Waals surface area contributed by atoms with Crippen LogP contribution < -0.4 is 9.47 Å². The van der Waals surface area contributed by atoms with Gasteiger partial charge in [0.15, 0.2) is 5.75 Å². The van der Waals surface area contributed by atoms with Gasteiger partial charge in [-0.1, -0.05) is 24.6 Å². The van der Waals surface area contributed by atoms with Gasteiger partial charge in [0.25, 0.3) is 0 Å². The van der Waals surface area contributed by atoms with Crippen molar-refractivity contribution in [3.63, 3.8) is 0 Å². The van der Waals surface area contributed by atoms with Gasteiger partial charge in [-0.25, -0.2) is 9.97 Å². The number of nitrogens with one attached hydrogen (secondary N) is 1. The third-order valence-electron chi connectivity index (χ3n) is 3.89. The lowest BCUT2D eigenvalue weighted by molar-refractivity contribution is 0.415. The number of hydrogen-bond acceptors (Lipinski definition) is 7. The molecule has 0 radical (unpaired) electrons. The highest BCUT2D eigenvalue weighted by atomic mass is 35.5. The Morgan fingerprint density at radius 3 is 2.71 bits per heavy atom. The van der Waals surface area contributed by atoms with Gasteiger partial charge in [-0.15, -0.1) is 0 Å². The predicted molar refractivity (Wildman–Crippen MR) is 102 cm³/mol. The number of aryl methyl sites for hydroxylation is 1. The number of rotatable bonds is 5. The number of hydrogen-bond donors (Lipinski definition) is 1. The predicted octanol–water partition coefficient (Wildman–Crippen LogP) is 4.42. The van der Waals surface area contributed by atoms with Crippen LogP contribution in [-0.4, -0.2) is 24.9 Å². The molecule has 1 aromatic carbocycles. The molecule has 0 unspecified atom stereocenters. The maximum absolute atomic E-state index is 9.05. The minimum atomic E-state index is 0.0509. The lowest BCUT2D eigenvalue weighted by atomic mass is 10.2. The first-order valence-corrected chi connectivity index (χ1v) is 8.74. The smallest absolute Gasteiger partial charge is 0.327 e. The topological polar surface area (TPSA) is 110 Å². The Kier molecular flexibility index (Phi) is 4.74. The molecule has 8 nitrogen and oxygen atoms in total. The van der Waals surface area contributed by atoms with Crippen LogP contribution in [0.25, 0.3) is 11.0 Å². The van der Waals surface area contributed by atoms with Gasteiger partial charge in [-0.05, 0) is 24.6 Å². The SMILES string of the molecule is CCc1[nH]c2nc(Oc3cccc(C#N)c3)nc(Oc3cncnc3)c2c1Cl. The zero-order chi connectivity index (χ0) is 19.5. The standard InChI is InChI=1S/C19H13ClN6O2/c1-2-14-16(20)15-17(24-14)25-19(28-12-5-3-4-11(6-12)7-21)26-18(15)27-13-8-22-10-23-9-13/h3-6,8-10H,2H2,1H3,(H,24,25,26). The van der Waals surface area contributed by atoms with Crippen molar-refractivity contribution in [1.29, 1.82) is 5.26 Å². The van der Waals surface area contributed by atoms with E-state index >= 15 is 0 Å². The van der Waals surface area contributed by atoms with E-state index < -0.39 is 0 Å². The van der Waals surface area contributed by atoms with Crippen molar-refractivity contribution >= 4 is 22.6 Å². The number of nitrogens with zero attached hydrogens (tertiary/aromatic N) is 5. The summed E-state index contributed by atoms with van der Waals surface area (Å²) >= 11 is 6.48. The molecule has 138 valence electrons. The molecule has 1 N–H and O–H groups in total. The van der Waals surface area contributed by atoms with Crippen LogP contribution in [0.1, 0.15) is 18.2 Å². The third-order valence-corrected chi connectivity index (χ3v) is 4.30. The summed E-state index contributed by atoms with van der Waals surface area (Å²) in [7, 11) is 0. The molecule has 0 aliphatic heterocycles. The summed E-state index contributed by atoms with van der Waals surface area (Å²) in [5.74, 6) is 1.04. The minimum absolute atomic E-state index is 0.0509. The fraction of sp³-hybridized carbons (Fsp3) is 0.105. The zero-order valence-electron chi connectivity index (χ0n) is 14.7. The quantitative estimate of drug-likeness (QED) is 0.535. The first-order valence-electron chi connectivity index (χ1n) is 8.37. The second-order valence-electron chi connectivity index (χ2n) is 5.72. The molecule has 9 heteroatoms. The fourth-order valence-electron chi connectivity index (χ4n) is 2.60. The monoisotopic (exact) mass is 392 g/mol. The Hall–Kier alpha value is -3.70. The maximum Gasteiger partial charge on any atom is 0.327 e. The van der Waals surface area contributed by atoms with E-state index in [0.29, 0.717) is 39.5 Å². The summed E-state index contributed by atoms with van der Waals surface area (Å²) in [4.78, 5) is 19.8. The van der Waals surface area contributed by atoms with E-state index in [1.807, 2.05) is 6.92 Å². The molecule has 4 rings (SSSR count). The van der Waals surface area contributed by atoms with Crippen molar-refractivity contribution in [2.45, 2.75) is 13.3 Å². The Labute approximate surface area is 164 Å². The van der Waals surface area contributed by atoms with Crippen molar-refractivity contribution < 1.29 is 9.47 Å². The summed E-state index contributed by atoms with van der Waals surface area (Å²) in [5.41, 5.74) is 1.76. The summed E-state index contributed by atoms with van der Waals surface area (Å²) in [6.45, 7) is 1.97. The molecule has 0 aliphatic rings. The largest absolute Gasteiger partial charge is 0.435 e. The Morgan fingerprint density at radius 1 is 1.14 bits per heavy atom. The highest BCUT2D eigenvalue weighted by Gasteiger charge is 2.19. The minimum Gasteiger partial charge on any atom is -0.435 e. The first-order chi connectivity index (χ1) is 13.7. The van der Waals surface area contributed by atoms with Crippen molar-refractivity contribution in [2.75, 3.05) is 0 Å². The van der Waals surface area contributed by atoms with Gasteiger partial charge < -0.3 is 14.5 Å². The van der Waals surface area contributed by atoms with Gasteiger partial charge in [0, 0.05) is 5.69 Å². The molecular formula is C19H13ClN6O2. The Morgan fingerprint density at radius 2 is 1.96 bits per heavy atom. The summed E-state index contributed by atoms with van der Waals surface area (Å²) in [6, 6.07) is 8.81. The van der Waals surface area contributed by atoms with Gasteiger partial charge in [0.05, 0.1) is 29.0 Å². The normalized spacial score (nSPS) is 10.6. The average Bonchev–Trinajstić information content (AvgIpc) is 3.04. The van der Waals surface area contributed by atoms with Gasteiger partial charge in [0.1, 0.15) is 23.1 Å². The molecule has 0 spiro atoms. The second kappa shape index (κ2) is 7.50. The van der Waals surface area contributed by atoms with Crippen molar-refractivity contribution in [1.82, 2.24) is 24.9 Å². The molecule has 4 aromatic rings.